The summed E-state index contributed by atoms with van der Waals surface area (Å²) >= 11 is 0. The first kappa shape index (κ1) is 14.1. The van der Waals surface area contributed by atoms with E-state index in [0.29, 0.717) is 13.0 Å². The number of imidazole rings is 1. The second kappa shape index (κ2) is 6.26. The van der Waals surface area contributed by atoms with E-state index in [1.807, 2.05) is 23.1 Å². The minimum Gasteiger partial charge on any atom is -0.340 e. The Morgan fingerprint density at radius 3 is 2.81 bits per heavy atom. The Bertz CT molecular complexity index is 628. The van der Waals surface area contributed by atoms with Crippen molar-refractivity contribution < 1.29 is 4.79 Å². The summed E-state index contributed by atoms with van der Waals surface area (Å²) < 4.78 is 2.19. The van der Waals surface area contributed by atoms with Gasteiger partial charge in [0, 0.05) is 45.6 Å². The maximum atomic E-state index is 12.3. The van der Waals surface area contributed by atoms with Gasteiger partial charge in [0.15, 0.2) is 0 Å². The summed E-state index contributed by atoms with van der Waals surface area (Å²) in [6.45, 7) is 6.27. The topological polar surface area (TPSA) is 50.2 Å². The second-order valence-electron chi connectivity index (χ2n) is 5.40. The highest BCUT2D eigenvalue weighted by Crippen LogP contribution is 2.17. The van der Waals surface area contributed by atoms with Crippen LogP contribution in [0.2, 0.25) is 0 Å². The van der Waals surface area contributed by atoms with Gasteiger partial charge in [-0.2, -0.15) is 0 Å². The molecule has 1 aromatic carbocycles. The number of piperazine rings is 1. The molecule has 1 aromatic heterocycles. The number of amides is 1. The zero-order valence-corrected chi connectivity index (χ0v) is 12.5. The third kappa shape index (κ3) is 2.93. The van der Waals surface area contributed by atoms with Crippen LogP contribution in [0.5, 0.6) is 0 Å². The number of aryl methyl sites for hydroxylation is 2. The molecule has 1 aliphatic heterocycles. The molecule has 0 unspecified atom stereocenters. The maximum absolute atomic E-state index is 12.3. The van der Waals surface area contributed by atoms with E-state index in [4.69, 9.17) is 0 Å². The summed E-state index contributed by atoms with van der Waals surface area (Å²) in [6.07, 6.45) is 1.43. The molecule has 5 heteroatoms. The smallest absolute Gasteiger partial charge is 0.224 e. The Balaban J connectivity index is 1.73. The highest BCUT2D eigenvalue weighted by atomic mass is 16.2. The number of benzene rings is 1. The number of nitrogens with one attached hydrogen (secondary N) is 1. The molecule has 21 heavy (non-hydrogen) atoms. The lowest BCUT2D eigenvalue weighted by Gasteiger charge is -2.27. The van der Waals surface area contributed by atoms with Crippen LogP contribution in [0.25, 0.3) is 11.0 Å². The molecule has 0 atom stereocenters. The summed E-state index contributed by atoms with van der Waals surface area (Å²) in [4.78, 5) is 18.9. The number of hydrogen-bond donors (Lipinski definition) is 1. The Morgan fingerprint density at radius 1 is 1.29 bits per heavy atom. The lowest BCUT2D eigenvalue weighted by atomic mass is 10.2. The van der Waals surface area contributed by atoms with Crippen LogP contribution in [0.3, 0.4) is 0 Å². The summed E-state index contributed by atoms with van der Waals surface area (Å²) in [5.41, 5.74) is 2.14. The molecule has 2 aromatic rings. The average molecular weight is 286 g/mol. The molecule has 112 valence electrons. The van der Waals surface area contributed by atoms with Gasteiger partial charge in [0.1, 0.15) is 5.82 Å². The first-order valence-corrected chi connectivity index (χ1v) is 7.72. The van der Waals surface area contributed by atoms with Crippen LogP contribution >= 0.6 is 0 Å². The van der Waals surface area contributed by atoms with Crippen molar-refractivity contribution in [2.45, 2.75) is 26.3 Å². The number of rotatable bonds is 4. The molecule has 3 rings (SSSR count). The van der Waals surface area contributed by atoms with E-state index >= 15 is 0 Å². The van der Waals surface area contributed by atoms with E-state index in [1.165, 1.54) is 0 Å². The van der Waals surface area contributed by atoms with Crippen molar-refractivity contribution in [3.05, 3.63) is 30.1 Å². The summed E-state index contributed by atoms with van der Waals surface area (Å²) in [7, 11) is 0. The lowest BCUT2D eigenvalue weighted by molar-refractivity contribution is -0.131. The highest BCUT2D eigenvalue weighted by Gasteiger charge is 2.17. The summed E-state index contributed by atoms with van der Waals surface area (Å²) in [5, 5.41) is 3.27. The SMILES string of the molecule is CCc1nc2ccccc2n1CCC(=O)N1CCNCC1. The molecule has 1 aliphatic rings. The Morgan fingerprint density at radius 2 is 2.05 bits per heavy atom. The molecule has 1 N–H and O–H groups in total. The van der Waals surface area contributed by atoms with Crippen molar-refractivity contribution in [3.63, 3.8) is 0 Å². The Labute approximate surface area is 125 Å². The Kier molecular flexibility index (Phi) is 4.20. The van der Waals surface area contributed by atoms with Gasteiger partial charge in [-0.3, -0.25) is 4.79 Å². The molecule has 0 bridgehead atoms. The first-order chi connectivity index (χ1) is 10.3. The van der Waals surface area contributed by atoms with E-state index in [-0.39, 0.29) is 5.91 Å². The fraction of sp³-hybridized carbons (Fsp3) is 0.500. The molecule has 0 spiro atoms. The van der Waals surface area contributed by atoms with Gasteiger partial charge >= 0.3 is 0 Å². The zero-order valence-electron chi connectivity index (χ0n) is 12.5. The lowest BCUT2D eigenvalue weighted by Crippen LogP contribution is -2.46. The number of carbonyl (C=O) groups excluding carboxylic acids is 1. The van der Waals surface area contributed by atoms with Gasteiger partial charge in [-0.05, 0) is 12.1 Å². The van der Waals surface area contributed by atoms with Crippen molar-refractivity contribution in [2.24, 2.45) is 0 Å². The fourth-order valence-electron chi connectivity index (χ4n) is 2.92. The van der Waals surface area contributed by atoms with Crippen LogP contribution in [0.15, 0.2) is 24.3 Å². The van der Waals surface area contributed by atoms with E-state index in [1.54, 1.807) is 0 Å². The van der Waals surface area contributed by atoms with Crippen molar-refractivity contribution >= 4 is 16.9 Å². The van der Waals surface area contributed by atoms with Crippen LogP contribution in [0.4, 0.5) is 0 Å². The van der Waals surface area contributed by atoms with Gasteiger partial charge in [-0.25, -0.2) is 4.98 Å². The fourth-order valence-corrected chi connectivity index (χ4v) is 2.92. The number of nitrogens with zero attached hydrogens (tertiary/aromatic N) is 3. The van der Waals surface area contributed by atoms with Gasteiger partial charge in [0.25, 0.3) is 0 Å². The molecule has 0 radical (unpaired) electrons. The zero-order chi connectivity index (χ0) is 14.7. The molecule has 5 nitrogen and oxygen atoms in total. The predicted octanol–water partition coefficient (Wildman–Crippen LogP) is 1.42. The normalized spacial score (nSPS) is 15.6. The van der Waals surface area contributed by atoms with Crippen LogP contribution < -0.4 is 5.32 Å². The molecule has 0 saturated carbocycles. The van der Waals surface area contributed by atoms with Crippen molar-refractivity contribution in [2.75, 3.05) is 26.2 Å². The number of carbonyl (C=O) groups is 1. The van der Waals surface area contributed by atoms with E-state index in [0.717, 1.165) is 49.5 Å². The third-order valence-electron chi connectivity index (χ3n) is 4.07. The quantitative estimate of drug-likeness (QED) is 0.925. The van der Waals surface area contributed by atoms with Crippen LogP contribution in [0.1, 0.15) is 19.2 Å². The number of aromatic nitrogens is 2. The molecule has 1 amide bonds. The summed E-state index contributed by atoms with van der Waals surface area (Å²) in [6, 6.07) is 8.14. The molecule has 2 heterocycles. The van der Waals surface area contributed by atoms with Crippen molar-refractivity contribution in [1.29, 1.82) is 0 Å². The van der Waals surface area contributed by atoms with E-state index < -0.39 is 0 Å². The van der Waals surface area contributed by atoms with E-state index in [2.05, 4.69) is 27.9 Å². The first-order valence-electron chi connectivity index (χ1n) is 7.72. The molecule has 1 saturated heterocycles. The van der Waals surface area contributed by atoms with E-state index in [9.17, 15) is 4.79 Å². The molecular weight excluding hydrogens is 264 g/mol. The van der Waals surface area contributed by atoms with Crippen LogP contribution in [-0.2, 0) is 17.8 Å². The van der Waals surface area contributed by atoms with Crippen molar-refractivity contribution in [3.8, 4) is 0 Å². The average Bonchev–Trinajstić information content (AvgIpc) is 2.91. The summed E-state index contributed by atoms with van der Waals surface area (Å²) in [5.74, 6) is 1.31. The van der Waals surface area contributed by atoms with Crippen LogP contribution in [0, 0.1) is 0 Å². The minimum absolute atomic E-state index is 0.247. The number of fused-ring (bicyclic) bond motifs is 1. The van der Waals surface area contributed by atoms with Gasteiger partial charge in [-0.1, -0.05) is 19.1 Å². The van der Waals surface area contributed by atoms with Crippen molar-refractivity contribution in [1.82, 2.24) is 19.8 Å². The third-order valence-corrected chi connectivity index (χ3v) is 4.07. The Hall–Kier alpha value is -1.88. The molecule has 1 fully saturated rings. The standard InChI is InChI=1S/C16H22N4O/c1-2-15-18-13-5-3-4-6-14(13)20(15)10-7-16(21)19-11-8-17-9-12-19/h3-6,17H,2,7-12H2,1H3. The number of hydrogen-bond acceptors (Lipinski definition) is 3. The van der Waals surface area contributed by atoms with Gasteiger partial charge in [0.2, 0.25) is 5.91 Å². The largest absolute Gasteiger partial charge is 0.340 e. The van der Waals surface area contributed by atoms with Gasteiger partial charge in [-0.15, -0.1) is 0 Å². The predicted molar refractivity (Wildman–Crippen MR) is 83.2 cm³/mol. The monoisotopic (exact) mass is 286 g/mol. The van der Waals surface area contributed by atoms with Gasteiger partial charge in [0.05, 0.1) is 11.0 Å². The minimum atomic E-state index is 0.247. The molecule has 0 aliphatic carbocycles. The number of para-hydroxylation sites is 2. The maximum Gasteiger partial charge on any atom is 0.224 e. The van der Waals surface area contributed by atoms with Crippen LogP contribution in [-0.4, -0.2) is 46.5 Å². The van der Waals surface area contributed by atoms with Gasteiger partial charge < -0.3 is 14.8 Å². The highest BCUT2D eigenvalue weighted by molar-refractivity contribution is 5.78. The molecular formula is C16H22N4O. The second-order valence-corrected chi connectivity index (χ2v) is 5.40.